The molecule has 1 aromatic heterocycles. The zero-order valence-electron chi connectivity index (χ0n) is 19.2. The first-order valence-electron chi connectivity index (χ1n) is 11.4. The molecule has 1 aliphatic heterocycles. The molecule has 33 heavy (non-hydrogen) atoms. The third kappa shape index (κ3) is 5.23. The number of fused-ring (bicyclic) bond motifs is 2. The van der Waals surface area contributed by atoms with E-state index in [4.69, 9.17) is 5.26 Å². The van der Waals surface area contributed by atoms with E-state index in [0.717, 1.165) is 29.9 Å². The van der Waals surface area contributed by atoms with Gasteiger partial charge >= 0.3 is 0 Å². The van der Waals surface area contributed by atoms with Crippen LogP contribution >= 0.6 is 11.8 Å². The predicted molar refractivity (Wildman–Crippen MR) is 132 cm³/mol. The van der Waals surface area contributed by atoms with Gasteiger partial charge in [0, 0.05) is 35.0 Å². The molecule has 0 fully saturated rings. The molecule has 2 heterocycles. The van der Waals surface area contributed by atoms with Gasteiger partial charge in [-0.25, -0.2) is 0 Å². The fourth-order valence-electron chi connectivity index (χ4n) is 4.28. The summed E-state index contributed by atoms with van der Waals surface area (Å²) in [6, 6.07) is 19.1. The van der Waals surface area contributed by atoms with E-state index in [1.807, 2.05) is 30.3 Å². The molecule has 0 spiro atoms. The molecule has 4 rings (SSSR count). The molecular weight excluding hydrogens is 430 g/mol. The first-order valence-corrected chi connectivity index (χ1v) is 12.2. The number of carbonyl (C=O) groups excluding carboxylic acids is 1. The maximum Gasteiger partial charge on any atom is 0.220 e. The van der Waals surface area contributed by atoms with E-state index in [1.165, 1.54) is 21.2 Å². The second-order valence-corrected chi connectivity index (χ2v) is 9.26. The molecule has 0 saturated heterocycles. The van der Waals surface area contributed by atoms with Crippen molar-refractivity contribution in [1.29, 1.82) is 5.26 Å². The van der Waals surface area contributed by atoms with Gasteiger partial charge in [-0.1, -0.05) is 36.0 Å². The number of aryl methyl sites for hydroxylation is 2. The summed E-state index contributed by atoms with van der Waals surface area (Å²) in [6.45, 7) is 6.06. The quantitative estimate of drug-likeness (QED) is 0.448. The third-order valence-electron chi connectivity index (χ3n) is 5.98. The summed E-state index contributed by atoms with van der Waals surface area (Å²) in [5.41, 5.74) is 5.57. The third-order valence-corrected chi connectivity index (χ3v) is 7.11. The molecule has 0 aliphatic carbocycles. The topological polar surface area (TPSA) is 73.9 Å². The van der Waals surface area contributed by atoms with E-state index in [2.05, 4.69) is 69.9 Å². The normalized spacial score (nSPS) is 12.1. The van der Waals surface area contributed by atoms with Gasteiger partial charge in [-0.05, 0) is 56.5 Å². The number of amides is 1. The van der Waals surface area contributed by atoms with E-state index in [0.29, 0.717) is 32.4 Å². The first-order chi connectivity index (χ1) is 16.1. The van der Waals surface area contributed by atoms with Gasteiger partial charge in [0.15, 0.2) is 0 Å². The van der Waals surface area contributed by atoms with E-state index >= 15 is 0 Å². The summed E-state index contributed by atoms with van der Waals surface area (Å²) in [4.78, 5) is 17.4. The fourth-order valence-corrected chi connectivity index (χ4v) is 5.38. The number of nitrogens with one attached hydrogen (secondary N) is 1. The molecular formula is C26H29N5OS. The highest BCUT2D eigenvalue weighted by Gasteiger charge is 2.22. The largest absolute Gasteiger partial charge is 0.356 e. The van der Waals surface area contributed by atoms with E-state index in [1.54, 1.807) is 0 Å². The Balaban J connectivity index is 1.29. The molecule has 1 amide bonds. The standard InChI is InChI=1S/C26H29N5OS/c1-19-21(20(2)31(29-19)18-7-15-27)13-14-26(32)28-16-8-17-30-22-9-3-5-11-24(22)33-25-12-6-4-10-23(25)30/h3-6,9-12H,7-8,13-14,16-18H2,1-2H3,(H,28,32). The molecule has 2 aromatic carbocycles. The first kappa shape index (κ1) is 22.9. The van der Waals surface area contributed by atoms with Crippen molar-refractivity contribution in [2.24, 2.45) is 0 Å². The molecule has 3 aromatic rings. The van der Waals surface area contributed by atoms with Crippen LogP contribution in [-0.2, 0) is 17.8 Å². The smallest absolute Gasteiger partial charge is 0.220 e. The second-order valence-electron chi connectivity index (χ2n) is 8.17. The number of hydrogen-bond donors (Lipinski definition) is 1. The highest BCUT2D eigenvalue weighted by atomic mass is 32.2. The summed E-state index contributed by atoms with van der Waals surface area (Å²) in [6.07, 6.45) is 2.41. The Kier molecular flexibility index (Phi) is 7.36. The van der Waals surface area contributed by atoms with E-state index in [-0.39, 0.29) is 5.91 Å². The lowest BCUT2D eigenvalue weighted by Crippen LogP contribution is -2.29. The number of aromatic nitrogens is 2. The van der Waals surface area contributed by atoms with Crippen LogP contribution in [0.2, 0.25) is 0 Å². The van der Waals surface area contributed by atoms with Crippen LogP contribution in [0.5, 0.6) is 0 Å². The van der Waals surface area contributed by atoms with Crippen molar-refractivity contribution in [3.63, 3.8) is 0 Å². The minimum atomic E-state index is 0.0635. The van der Waals surface area contributed by atoms with Crippen molar-refractivity contribution in [3.05, 3.63) is 65.5 Å². The molecule has 0 atom stereocenters. The molecule has 170 valence electrons. The van der Waals surface area contributed by atoms with Crippen LogP contribution in [0.15, 0.2) is 58.3 Å². The van der Waals surface area contributed by atoms with Crippen LogP contribution in [0.4, 0.5) is 11.4 Å². The Bertz CT molecular complexity index is 1130. The lowest BCUT2D eigenvalue weighted by atomic mass is 10.1. The Morgan fingerprint density at radius 1 is 1.06 bits per heavy atom. The van der Waals surface area contributed by atoms with E-state index < -0.39 is 0 Å². The maximum atomic E-state index is 12.5. The van der Waals surface area contributed by atoms with Crippen molar-refractivity contribution in [3.8, 4) is 6.07 Å². The fraction of sp³-hybridized carbons (Fsp3) is 0.346. The number of nitrogens with zero attached hydrogens (tertiary/aromatic N) is 4. The molecule has 6 nitrogen and oxygen atoms in total. The van der Waals surface area contributed by atoms with Gasteiger partial charge in [-0.15, -0.1) is 0 Å². The average Bonchev–Trinajstić information content (AvgIpc) is 3.10. The molecule has 1 aliphatic rings. The summed E-state index contributed by atoms with van der Waals surface area (Å²) in [5.74, 6) is 0.0635. The Hall–Kier alpha value is -3.24. The minimum absolute atomic E-state index is 0.0635. The molecule has 7 heteroatoms. The van der Waals surface area contributed by atoms with Gasteiger partial charge in [0.25, 0.3) is 0 Å². The van der Waals surface area contributed by atoms with E-state index in [9.17, 15) is 4.79 Å². The van der Waals surface area contributed by atoms with Crippen LogP contribution < -0.4 is 10.2 Å². The lowest BCUT2D eigenvalue weighted by molar-refractivity contribution is -0.121. The number of benzene rings is 2. The number of para-hydroxylation sites is 2. The average molecular weight is 460 g/mol. The van der Waals surface area contributed by atoms with Crippen molar-refractivity contribution in [2.75, 3.05) is 18.0 Å². The summed E-state index contributed by atoms with van der Waals surface area (Å²) in [5, 5.41) is 16.4. The van der Waals surface area contributed by atoms with Crippen LogP contribution in [-0.4, -0.2) is 28.8 Å². The number of hydrogen-bond acceptors (Lipinski definition) is 5. The summed E-state index contributed by atoms with van der Waals surface area (Å²) in [7, 11) is 0. The SMILES string of the molecule is Cc1nn(CCC#N)c(C)c1CCC(=O)NCCCN1c2ccccc2Sc2ccccc21. The Morgan fingerprint density at radius 3 is 2.39 bits per heavy atom. The number of anilines is 2. The van der Waals surface area contributed by atoms with Crippen molar-refractivity contribution >= 4 is 29.0 Å². The Morgan fingerprint density at radius 2 is 1.73 bits per heavy atom. The van der Waals surface area contributed by atoms with Crippen molar-refractivity contribution < 1.29 is 4.79 Å². The lowest BCUT2D eigenvalue weighted by Gasteiger charge is -2.32. The molecule has 0 saturated carbocycles. The van der Waals surface area contributed by atoms with Crippen molar-refractivity contribution in [1.82, 2.24) is 15.1 Å². The molecule has 0 radical (unpaired) electrons. The number of rotatable bonds is 9. The van der Waals surface area contributed by atoms with Gasteiger partial charge in [0.1, 0.15) is 0 Å². The number of nitriles is 1. The summed E-state index contributed by atoms with van der Waals surface area (Å²) >= 11 is 1.81. The van der Waals surface area contributed by atoms with Crippen LogP contribution in [0.25, 0.3) is 0 Å². The molecule has 0 unspecified atom stereocenters. The van der Waals surface area contributed by atoms with Crippen LogP contribution in [0.1, 0.15) is 36.2 Å². The van der Waals surface area contributed by atoms with Crippen molar-refractivity contribution in [2.45, 2.75) is 55.9 Å². The number of carbonyl (C=O) groups is 1. The zero-order chi connectivity index (χ0) is 23.2. The van der Waals surface area contributed by atoms with Gasteiger partial charge in [0.05, 0.1) is 36.1 Å². The molecule has 0 bridgehead atoms. The Labute approximate surface area is 199 Å². The monoisotopic (exact) mass is 459 g/mol. The zero-order valence-corrected chi connectivity index (χ0v) is 20.0. The minimum Gasteiger partial charge on any atom is -0.356 e. The molecule has 1 N–H and O–H groups in total. The second kappa shape index (κ2) is 10.6. The van der Waals surface area contributed by atoms with Gasteiger partial charge in [0.2, 0.25) is 5.91 Å². The van der Waals surface area contributed by atoms with Gasteiger partial charge < -0.3 is 10.2 Å². The predicted octanol–water partition coefficient (Wildman–Crippen LogP) is 5.16. The van der Waals surface area contributed by atoms with Crippen LogP contribution in [0.3, 0.4) is 0 Å². The summed E-state index contributed by atoms with van der Waals surface area (Å²) < 4.78 is 1.87. The maximum absolute atomic E-state index is 12.5. The van der Waals surface area contributed by atoms with Crippen LogP contribution in [0, 0.1) is 25.2 Å². The highest BCUT2D eigenvalue weighted by Crippen LogP contribution is 2.47. The van der Waals surface area contributed by atoms with Gasteiger partial charge in [-0.2, -0.15) is 10.4 Å². The van der Waals surface area contributed by atoms with Gasteiger partial charge in [-0.3, -0.25) is 9.48 Å². The highest BCUT2D eigenvalue weighted by molar-refractivity contribution is 7.99.